The Morgan fingerprint density at radius 2 is 2.21 bits per heavy atom. The van der Waals surface area contributed by atoms with Crippen LogP contribution in [-0.4, -0.2) is 15.9 Å². The van der Waals surface area contributed by atoms with Gasteiger partial charge in [-0.05, 0) is 32.1 Å². The average Bonchev–Trinajstić information content (AvgIpc) is 2.76. The minimum absolute atomic E-state index is 0.412. The van der Waals surface area contributed by atoms with Gasteiger partial charge in [0, 0.05) is 18.8 Å². The summed E-state index contributed by atoms with van der Waals surface area (Å²) in [6, 6.07) is 0. The van der Waals surface area contributed by atoms with Crippen LogP contribution in [0.4, 0.5) is 0 Å². The number of aromatic nitrogens is 2. The molecular formula is C11H18N2O. The summed E-state index contributed by atoms with van der Waals surface area (Å²) in [6.45, 7) is 2.14. The molecule has 3 nitrogen and oxygen atoms in total. The summed E-state index contributed by atoms with van der Waals surface area (Å²) in [5.41, 5.74) is 1.22. The van der Waals surface area contributed by atoms with Crippen molar-refractivity contribution in [1.82, 2.24) is 9.78 Å². The SMILES string of the molecule is CCc1cn(C)nc1OC1CCCC1. The molecule has 0 unspecified atom stereocenters. The van der Waals surface area contributed by atoms with E-state index < -0.39 is 0 Å². The van der Waals surface area contributed by atoms with Gasteiger partial charge in [0.1, 0.15) is 6.10 Å². The van der Waals surface area contributed by atoms with E-state index in [1.807, 2.05) is 17.9 Å². The summed E-state index contributed by atoms with van der Waals surface area (Å²) in [5, 5.41) is 4.34. The largest absolute Gasteiger partial charge is 0.473 e. The van der Waals surface area contributed by atoms with Crippen molar-refractivity contribution in [2.45, 2.75) is 45.1 Å². The monoisotopic (exact) mass is 194 g/mol. The van der Waals surface area contributed by atoms with Crippen molar-refractivity contribution in [1.29, 1.82) is 0 Å². The Kier molecular flexibility index (Phi) is 2.75. The lowest BCUT2D eigenvalue weighted by molar-refractivity contribution is 0.198. The molecule has 1 aromatic heterocycles. The lowest BCUT2D eigenvalue weighted by atomic mass is 10.2. The molecule has 3 heteroatoms. The Bertz CT molecular complexity index is 300. The Hall–Kier alpha value is -0.990. The average molecular weight is 194 g/mol. The van der Waals surface area contributed by atoms with Crippen LogP contribution in [0.15, 0.2) is 6.20 Å². The maximum absolute atomic E-state index is 5.89. The summed E-state index contributed by atoms with van der Waals surface area (Å²) in [5.74, 6) is 0.849. The standard InChI is InChI=1S/C11H18N2O/c1-3-9-8-13(2)12-11(9)14-10-6-4-5-7-10/h8,10H,3-7H2,1-2H3. The predicted octanol–water partition coefficient (Wildman–Crippen LogP) is 2.30. The van der Waals surface area contributed by atoms with Crippen molar-refractivity contribution in [3.05, 3.63) is 11.8 Å². The fourth-order valence-corrected chi connectivity index (χ4v) is 2.02. The molecular weight excluding hydrogens is 176 g/mol. The molecule has 0 radical (unpaired) electrons. The van der Waals surface area contributed by atoms with E-state index in [9.17, 15) is 0 Å². The highest BCUT2D eigenvalue weighted by Gasteiger charge is 2.19. The Morgan fingerprint density at radius 3 is 2.86 bits per heavy atom. The number of hydrogen-bond acceptors (Lipinski definition) is 2. The quantitative estimate of drug-likeness (QED) is 0.738. The molecule has 0 saturated heterocycles. The highest BCUT2D eigenvalue weighted by atomic mass is 16.5. The van der Waals surface area contributed by atoms with Crippen LogP contribution in [0.2, 0.25) is 0 Å². The molecule has 1 aromatic rings. The zero-order valence-electron chi connectivity index (χ0n) is 8.99. The zero-order chi connectivity index (χ0) is 9.97. The van der Waals surface area contributed by atoms with Crippen molar-refractivity contribution in [3.8, 4) is 5.88 Å². The van der Waals surface area contributed by atoms with Gasteiger partial charge in [0.05, 0.1) is 0 Å². The van der Waals surface area contributed by atoms with Crippen LogP contribution in [0.1, 0.15) is 38.2 Å². The summed E-state index contributed by atoms with van der Waals surface area (Å²) >= 11 is 0. The Balaban J connectivity index is 2.06. The summed E-state index contributed by atoms with van der Waals surface area (Å²) < 4.78 is 7.72. The number of rotatable bonds is 3. The first-order valence-corrected chi connectivity index (χ1v) is 5.48. The van der Waals surface area contributed by atoms with Gasteiger partial charge < -0.3 is 4.74 Å². The molecule has 0 N–H and O–H groups in total. The van der Waals surface area contributed by atoms with E-state index in [-0.39, 0.29) is 0 Å². The second-order valence-corrected chi connectivity index (χ2v) is 4.01. The van der Waals surface area contributed by atoms with Gasteiger partial charge in [-0.1, -0.05) is 6.92 Å². The van der Waals surface area contributed by atoms with Crippen molar-refractivity contribution in [2.24, 2.45) is 7.05 Å². The second-order valence-electron chi connectivity index (χ2n) is 4.01. The van der Waals surface area contributed by atoms with Gasteiger partial charge in [-0.15, -0.1) is 5.10 Å². The molecule has 0 spiro atoms. The second kappa shape index (κ2) is 4.03. The third-order valence-corrected chi connectivity index (χ3v) is 2.83. The molecule has 1 heterocycles. The molecule has 2 rings (SSSR count). The van der Waals surface area contributed by atoms with Crippen molar-refractivity contribution < 1.29 is 4.74 Å². The van der Waals surface area contributed by atoms with E-state index in [0.29, 0.717) is 6.10 Å². The summed E-state index contributed by atoms with van der Waals surface area (Å²) in [6.07, 6.45) is 8.45. The number of nitrogens with zero attached hydrogens (tertiary/aromatic N) is 2. The molecule has 0 bridgehead atoms. The van der Waals surface area contributed by atoms with Crippen LogP contribution in [0, 0.1) is 0 Å². The third-order valence-electron chi connectivity index (χ3n) is 2.83. The molecule has 78 valence electrons. The maximum Gasteiger partial charge on any atom is 0.236 e. The zero-order valence-corrected chi connectivity index (χ0v) is 8.99. The van der Waals surface area contributed by atoms with Crippen LogP contribution in [-0.2, 0) is 13.5 Å². The molecule has 0 aliphatic heterocycles. The first-order chi connectivity index (χ1) is 6.79. The highest BCUT2D eigenvalue weighted by Crippen LogP contribution is 2.25. The molecule has 0 amide bonds. The minimum Gasteiger partial charge on any atom is -0.473 e. The van der Waals surface area contributed by atoms with E-state index in [2.05, 4.69) is 12.0 Å². The van der Waals surface area contributed by atoms with E-state index in [4.69, 9.17) is 4.74 Å². The van der Waals surface area contributed by atoms with Gasteiger partial charge in [-0.25, -0.2) is 0 Å². The fourth-order valence-electron chi connectivity index (χ4n) is 2.02. The number of aryl methyl sites for hydroxylation is 2. The van der Waals surface area contributed by atoms with Gasteiger partial charge in [0.2, 0.25) is 5.88 Å². The van der Waals surface area contributed by atoms with Gasteiger partial charge in [0.15, 0.2) is 0 Å². The normalized spacial score (nSPS) is 17.6. The topological polar surface area (TPSA) is 27.1 Å². The molecule has 1 aliphatic carbocycles. The van der Waals surface area contributed by atoms with Crippen LogP contribution < -0.4 is 4.74 Å². The number of ether oxygens (including phenoxy) is 1. The first-order valence-electron chi connectivity index (χ1n) is 5.48. The van der Waals surface area contributed by atoms with Crippen LogP contribution in [0.25, 0.3) is 0 Å². The van der Waals surface area contributed by atoms with Gasteiger partial charge in [0.25, 0.3) is 0 Å². The number of hydrogen-bond donors (Lipinski definition) is 0. The Labute approximate surface area is 85.1 Å². The van der Waals surface area contributed by atoms with Crippen LogP contribution in [0.3, 0.4) is 0 Å². The molecule has 0 atom stereocenters. The van der Waals surface area contributed by atoms with E-state index in [0.717, 1.165) is 12.3 Å². The minimum atomic E-state index is 0.412. The first kappa shape index (κ1) is 9.56. The lowest BCUT2D eigenvalue weighted by Gasteiger charge is -2.11. The summed E-state index contributed by atoms with van der Waals surface area (Å²) in [4.78, 5) is 0. The van der Waals surface area contributed by atoms with Crippen molar-refractivity contribution in [3.63, 3.8) is 0 Å². The van der Waals surface area contributed by atoms with Gasteiger partial charge >= 0.3 is 0 Å². The van der Waals surface area contributed by atoms with E-state index >= 15 is 0 Å². The highest BCUT2D eigenvalue weighted by molar-refractivity contribution is 5.23. The maximum atomic E-state index is 5.89. The molecule has 14 heavy (non-hydrogen) atoms. The summed E-state index contributed by atoms with van der Waals surface area (Å²) in [7, 11) is 1.95. The van der Waals surface area contributed by atoms with Gasteiger partial charge in [-0.3, -0.25) is 4.68 Å². The lowest BCUT2D eigenvalue weighted by Crippen LogP contribution is -2.12. The van der Waals surface area contributed by atoms with Crippen molar-refractivity contribution in [2.75, 3.05) is 0 Å². The molecule has 1 aliphatic rings. The van der Waals surface area contributed by atoms with E-state index in [1.165, 1.54) is 31.2 Å². The Morgan fingerprint density at radius 1 is 1.50 bits per heavy atom. The van der Waals surface area contributed by atoms with Crippen LogP contribution in [0.5, 0.6) is 5.88 Å². The van der Waals surface area contributed by atoms with E-state index in [1.54, 1.807) is 0 Å². The predicted molar refractivity (Wildman–Crippen MR) is 55.5 cm³/mol. The van der Waals surface area contributed by atoms with Crippen LogP contribution >= 0.6 is 0 Å². The molecule has 1 fully saturated rings. The fraction of sp³-hybridized carbons (Fsp3) is 0.727. The smallest absolute Gasteiger partial charge is 0.236 e. The third kappa shape index (κ3) is 1.91. The van der Waals surface area contributed by atoms with Gasteiger partial charge in [-0.2, -0.15) is 0 Å². The molecule has 0 aromatic carbocycles. The van der Waals surface area contributed by atoms with Crippen molar-refractivity contribution >= 4 is 0 Å². The molecule has 1 saturated carbocycles.